The van der Waals surface area contributed by atoms with Crippen LogP contribution < -0.4 is 5.32 Å². The Balaban J connectivity index is 1.75. The minimum atomic E-state index is -0.471. The van der Waals surface area contributed by atoms with Crippen LogP contribution in [0.1, 0.15) is 31.7 Å². The number of carbonyl (C=O) groups excluding carboxylic acids is 1. The summed E-state index contributed by atoms with van der Waals surface area (Å²) in [6.07, 6.45) is 5.53. The molecule has 1 aliphatic rings. The van der Waals surface area contributed by atoms with Crippen molar-refractivity contribution in [2.75, 3.05) is 18.4 Å². The maximum atomic E-state index is 13.0. The summed E-state index contributed by atoms with van der Waals surface area (Å²) in [6.45, 7) is 5.74. The molecule has 2 amide bonds. The number of rotatable bonds is 2. The summed E-state index contributed by atoms with van der Waals surface area (Å²) >= 11 is 0. The van der Waals surface area contributed by atoms with Gasteiger partial charge in [-0.1, -0.05) is 13.0 Å². The molecule has 0 aliphatic carbocycles. The zero-order valence-corrected chi connectivity index (χ0v) is 14.6. The third-order valence-electron chi connectivity index (χ3n) is 4.65. The van der Waals surface area contributed by atoms with Gasteiger partial charge in [-0.3, -0.25) is 0 Å². The molecule has 0 saturated carbocycles. The second-order valence-corrected chi connectivity index (χ2v) is 6.71. The first-order valence-corrected chi connectivity index (χ1v) is 8.67. The molecule has 0 radical (unpaired) electrons. The van der Waals surface area contributed by atoms with Crippen LogP contribution in [0.2, 0.25) is 0 Å². The second kappa shape index (κ2) is 7.59. The SMILES string of the molecule is Cc1ccc(NC(=O)N2CCCC(C)CC2)cc1-c1ncc(F)cn1. The van der Waals surface area contributed by atoms with Crippen LogP contribution in [-0.2, 0) is 0 Å². The van der Waals surface area contributed by atoms with Crippen molar-refractivity contribution in [3.05, 3.63) is 42.0 Å². The molecule has 0 bridgehead atoms. The third kappa shape index (κ3) is 4.32. The number of aromatic nitrogens is 2. The first-order valence-electron chi connectivity index (χ1n) is 8.67. The van der Waals surface area contributed by atoms with Crippen LogP contribution in [0.3, 0.4) is 0 Å². The smallest absolute Gasteiger partial charge is 0.321 e. The molecule has 1 N–H and O–H groups in total. The molecular weight excluding hydrogens is 319 g/mol. The standard InChI is InChI=1S/C19H23FN4O/c1-13-4-3-8-24(9-7-13)19(25)23-16-6-5-14(2)17(10-16)18-21-11-15(20)12-22-18/h5-6,10-13H,3-4,7-9H2,1-2H3,(H,23,25). The number of anilines is 1. The number of urea groups is 1. The van der Waals surface area contributed by atoms with E-state index < -0.39 is 5.82 Å². The lowest BCUT2D eigenvalue weighted by atomic mass is 10.0. The highest BCUT2D eigenvalue weighted by molar-refractivity contribution is 5.90. The molecule has 1 aliphatic heterocycles. The van der Waals surface area contributed by atoms with Gasteiger partial charge in [0, 0.05) is 24.3 Å². The van der Waals surface area contributed by atoms with Gasteiger partial charge in [0.15, 0.2) is 11.6 Å². The number of likely N-dealkylation sites (tertiary alicyclic amines) is 1. The van der Waals surface area contributed by atoms with Crippen molar-refractivity contribution in [2.45, 2.75) is 33.1 Å². The Morgan fingerprint density at radius 2 is 2.00 bits per heavy atom. The summed E-state index contributed by atoms with van der Waals surface area (Å²) in [4.78, 5) is 22.5. The molecule has 1 unspecified atom stereocenters. The molecule has 25 heavy (non-hydrogen) atoms. The van der Waals surface area contributed by atoms with E-state index in [-0.39, 0.29) is 6.03 Å². The molecule has 2 heterocycles. The molecule has 6 heteroatoms. The fraction of sp³-hybridized carbons (Fsp3) is 0.421. The Morgan fingerprint density at radius 3 is 2.76 bits per heavy atom. The first kappa shape index (κ1) is 17.3. The van der Waals surface area contributed by atoms with Crippen LogP contribution in [0.5, 0.6) is 0 Å². The molecular formula is C19H23FN4O. The van der Waals surface area contributed by atoms with Gasteiger partial charge in [0.2, 0.25) is 0 Å². The summed E-state index contributed by atoms with van der Waals surface area (Å²) in [6, 6.07) is 5.52. The van der Waals surface area contributed by atoms with Gasteiger partial charge >= 0.3 is 6.03 Å². The largest absolute Gasteiger partial charge is 0.325 e. The average molecular weight is 342 g/mol. The summed E-state index contributed by atoms with van der Waals surface area (Å²) in [5.74, 6) is 0.638. The van der Waals surface area contributed by atoms with Crippen molar-refractivity contribution in [1.29, 1.82) is 0 Å². The van der Waals surface area contributed by atoms with Gasteiger partial charge in [0.25, 0.3) is 0 Å². The Bertz CT molecular complexity index is 748. The van der Waals surface area contributed by atoms with Crippen LogP contribution in [0, 0.1) is 18.7 Å². The Hall–Kier alpha value is -2.50. The van der Waals surface area contributed by atoms with Crippen molar-refractivity contribution < 1.29 is 9.18 Å². The van der Waals surface area contributed by atoms with Gasteiger partial charge < -0.3 is 10.2 Å². The molecule has 1 aromatic carbocycles. The van der Waals surface area contributed by atoms with E-state index in [0.717, 1.165) is 49.5 Å². The topological polar surface area (TPSA) is 58.1 Å². The predicted molar refractivity (Wildman–Crippen MR) is 95.8 cm³/mol. The van der Waals surface area contributed by atoms with E-state index in [0.29, 0.717) is 17.4 Å². The van der Waals surface area contributed by atoms with E-state index in [4.69, 9.17) is 0 Å². The summed E-state index contributed by atoms with van der Waals surface area (Å²) in [7, 11) is 0. The van der Waals surface area contributed by atoms with E-state index in [1.54, 1.807) is 0 Å². The third-order valence-corrected chi connectivity index (χ3v) is 4.65. The Morgan fingerprint density at radius 1 is 1.24 bits per heavy atom. The molecule has 1 fully saturated rings. The van der Waals surface area contributed by atoms with Crippen molar-refractivity contribution in [2.24, 2.45) is 5.92 Å². The average Bonchev–Trinajstić information content (AvgIpc) is 2.82. The molecule has 3 rings (SSSR count). The van der Waals surface area contributed by atoms with Gasteiger partial charge in [0.05, 0.1) is 12.4 Å². The molecule has 132 valence electrons. The minimum absolute atomic E-state index is 0.0797. The van der Waals surface area contributed by atoms with Crippen LogP contribution in [0.4, 0.5) is 14.9 Å². The molecule has 2 aromatic rings. The van der Waals surface area contributed by atoms with Crippen molar-refractivity contribution in [1.82, 2.24) is 14.9 Å². The van der Waals surface area contributed by atoms with Crippen LogP contribution in [0.15, 0.2) is 30.6 Å². The van der Waals surface area contributed by atoms with E-state index in [2.05, 4.69) is 22.2 Å². The number of nitrogens with zero attached hydrogens (tertiary/aromatic N) is 3. The fourth-order valence-electron chi connectivity index (χ4n) is 3.06. The highest BCUT2D eigenvalue weighted by Gasteiger charge is 2.18. The van der Waals surface area contributed by atoms with E-state index >= 15 is 0 Å². The van der Waals surface area contributed by atoms with Gasteiger partial charge in [-0.15, -0.1) is 0 Å². The van der Waals surface area contributed by atoms with Gasteiger partial charge in [0.1, 0.15) is 0 Å². The zero-order chi connectivity index (χ0) is 17.8. The summed E-state index contributed by atoms with van der Waals surface area (Å²) < 4.78 is 13.0. The quantitative estimate of drug-likeness (QED) is 0.888. The maximum absolute atomic E-state index is 13.0. The minimum Gasteiger partial charge on any atom is -0.325 e. The van der Waals surface area contributed by atoms with Crippen molar-refractivity contribution in [3.8, 4) is 11.4 Å². The normalized spacial score (nSPS) is 17.9. The van der Waals surface area contributed by atoms with Crippen molar-refractivity contribution in [3.63, 3.8) is 0 Å². The van der Waals surface area contributed by atoms with E-state index in [1.165, 1.54) is 6.42 Å². The maximum Gasteiger partial charge on any atom is 0.321 e. The van der Waals surface area contributed by atoms with Gasteiger partial charge in [-0.05, 0) is 49.8 Å². The van der Waals surface area contributed by atoms with E-state index in [1.807, 2.05) is 30.0 Å². The number of benzene rings is 1. The number of halogens is 1. The lowest BCUT2D eigenvalue weighted by Gasteiger charge is -2.21. The number of amides is 2. The predicted octanol–water partition coefficient (Wildman–Crippen LogP) is 4.25. The lowest BCUT2D eigenvalue weighted by Crippen LogP contribution is -2.35. The number of hydrogen-bond acceptors (Lipinski definition) is 3. The summed E-state index contributed by atoms with van der Waals surface area (Å²) in [5.41, 5.74) is 2.44. The highest BCUT2D eigenvalue weighted by atomic mass is 19.1. The number of aryl methyl sites for hydroxylation is 1. The molecule has 1 atom stereocenters. The zero-order valence-electron chi connectivity index (χ0n) is 14.6. The molecule has 0 spiro atoms. The number of nitrogens with one attached hydrogen (secondary N) is 1. The molecule has 5 nitrogen and oxygen atoms in total. The van der Waals surface area contributed by atoms with E-state index in [9.17, 15) is 9.18 Å². The summed E-state index contributed by atoms with van der Waals surface area (Å²) in [5, 5.41) is 2.96. The number of hydrogen-bond donors (Lipinski definition) is 1. The van der Waals surface area contributed by atoms with Crippen LogP contribution in [0.25, 0.3) is 11.4 Å². The Kier molecular flexibility index (Phi) is 5.26. The fourth-order valence-corrected chi connectivity index (χ4v) is 3.06. The monoisotopic (exact) mass is 342 g/mol. The van der Waals surface area contributed by atoms with Gasteiger partial charge in [-0.2, -0.15) is 0 Å². The highest BCUT2D eigenvalue weighted by Crippen LogP contribution is 2.24. The first-order chi connectivity index (χ1) is 12.0. The lowest BCUT2D eigenvalue weighted by molar-refractivity contribution is 0.213. The van der Waals surface area contributed by atoms with Crippen LogP contribution >= 0.6 is 0 Å². The van der Waals surface area contributed by atoms with Crippen LogP contribution in [-0.4, -0.2) is 34.0 Å². The van der Waals surface area contributed by atoms with Crippen molar-refractivity contribution >= 4 is 11.7 Å². The van der Waals surface area contributed by atoms with Gasteiger partial charge in [-0.25, -0.2) is 19.2 Å². The number of carbonyl (C=O) groups is 1. The second-order valence-electron chi connectivity index (χ2n) is 6.71. The Labute approximate surface area is 147 Å². The molecule has 1 aromatic heterocycles. The molecule has 1 saturated heterocycles.